The van der Waals surface area contributed by atoms with Crippen LogP contribution in [0.4, 0.5) is 0 Å². The van der Waals surface area contributed by atoms with Crippen molar-refractivity contribution in [3.8, 4) is 11.8 Å². The van der Waals surface area contributed by atoms with Gasteiger partial charge in [0.05, 0.1) is 6.10 Å². The predicted octanol–water partition coefficient (Wildman–Crippen LogP) is 2.46. The third-order valence-corrected chi connectivity index (χ3v) is 2.06. The number of rotatable bonds is 0. The minimum Gasteiger partial charge on any atom is -0.378 e. The van der Waals surface area contributed by atoms with E-state index in [0.29, 0.717) is 17.9 Å². The van der Waals surface area contributed by atoms with Gasteiger partial charge in [0.25, 0.3) is 0 Å². The Bertz CT molecular complexity index is 185. The molecule has 1 rings (SSSR count). The van der Waals surface area contributed by atoms with Crippen LogP contribution in [0.5, 0.6) is 0 Å². The van der Waals surface area contributed by atoms with Gasteiger partial charge in [0, 0.05) is 18.4 Å². The Kier molecular flexibility index (Phi) is 3.62. The summed E-state index contributed by atoms with van der Waals surface area (Å²) in [6.45, 7) is 7.29. The zero-order chi connectivity index (χ0) is 8.97. The van der Waals surface area contributed by atoms with Crippen molar-refractivity contribution >= 4 is 0 Å². The summed E-state index contributed by atoms with van der Waals surface area (Å²) in [5.41, 5.74) is 0. The van der Waals surface area contributed by atoms with Crippen molar-refractivity contribution in [3.63, 3.8) is 0 Å². The maximum atomic E-state index is 5.45. The highest BCUT2D eigenvalue weighted by Gasteiger charge is 2.16. The Balaban J connectivity index is 2.38. The van der Waals surface area contributed by atoms with Crippen LogP contribution in [0.25, 0.3) is 0 Å². The highest BCUT2D eigenvalue weighted by atomic mass is 16.5. The summed E-state index contributed by atoms with van der Waals surface area (Å²) in [6, 6.07) is 0. The van der Waals surface area contributed by atoms with Crippen molar-refractivity contribution in [1.29, 1.82) is 0 Å². The second-order valence-electron chi connectivity index (χ2n) is 3.85. The van der Waals surface area contributed by atoms with Crippen LogP contribution in [-0.4, -0.2) is 12.7 Å². The van der Waals surface area contributed by atoms with Gasteiger partial charge in [-0.25, -0.2) is 0 Å². The van der Waals surface area contributed by atoms with E-state index in [1.54, 1.807) is 0 Å². The van der Waals surface area contributed by atoms with Crippen LogP contribution in [0.1, 0.15) is 33.6 Å². The highest BCUT2D eigenvalue weighted by Crippen LogP contribution is 2.18. The van der Waals surface area contributed by atoms with Gasteiger partial charge in [0.1, 0.15) is 0 Å². The van der Waals surface area contributed by atoms with Gasteiger partial charge in [-0.15, -0.1) is 5.92 Å². The molecule has 1 fully saturated rings. The van der Waals surface area contributed by atoms with Crippen LogP contribution >= 0.6 is 0 Å². The van der Waals surface area contributed by atoms with Gasteiger partial charge >= 0.3 is 0 Å². The SMILES string of the molecule is CC(C)C#C[C@H]1CCO[C@H](C)C1. The Morgan fingerprint density at radius 3 is 2.75 bits per heavy atom. The molecule has 0 N–H and O–H groups in total. The van der Waals surface area contributed by atoms with Crippen LogP contribution in [0, 0.1) is 23.7 Å². The van der Waals surface area contributed by atoms with E-state index in [-0.39, 0.29) is 0 Å². The van der Waals surface area contributed by atoms with Gasteiger partial charge in [0.15, 0.2) is 0 Å². The van der Waals surface area contributed by atoms with Crippen molar-refractivity contribution in [1.82, 2.24) is 0 Å². The number of hydrogen-bond donors (Lipinski definition) is 0. The maximum absolute atomic E-state index is 5.45. The molecule has 68 valence electrons. The third kappa shape index (κ3) is 3.28. The minimum atomic E-state index is 0.408. The predicted molar refractivity (Wildman–Crippen MR) is 50.8 cm³/mol. The van der Waals surface area contributed by atoms with E-state index in [1.807, 2.05) is 0 Å². The van der Waals surface area contributed by atoms with Gasteiger partial charge in [-0.05, 0) is 19.8 Å². The van der Waals surface area contributed by atoms with E-state index in [4.69, 9.17) is 4.74 Å². The molecule has 0 radical (unpaired) electrons. The lowest BCUT2D eigenvalue weighted by Crippen LogP contribution is -2.22. The van der Waals surface area contributed by atoms with E-state index < -0.39 is 0 Å². The lowest BCUT2D eigenvalue weighted by Gasteiger charge is -2.23. The summed E-state index contributed by atoms with van der Waals surface area (Å²) in [5.74, 6) is 7.63. The molecule has 0 spiro atoms. The molecule has 1 heterocycles. The molecular weight excluding hydrogens is 148 g/mol. The summed E-state index contributed by atoms with van der Waals surface area (Å²) in [7, 11) is 0. The molecule has 0 aromatic rings. The summed E-state index contributed by atoms with van der Waals surface area (Å²) < 4.78 is 5.45. The fourth-order valence-corrected chi connectivity index (χ4v) is 1.41. The number of ether oxygens (including phenoxy) is 1. The quantitative estimate of drug-likeness (QED) is 0.502. The van der Waals surface area contributed by atoms with Gasteiger partial charge < -0.3 is 4.74 Å². The van der Waals surface area contributed by atoms with Crippen LogP contribution in [0.15, 0.2) is 0 Å². The van der Waals surface area contributed by atoms with Crippen LogP contribution in [-0.2, 0) is 4.74 Å². The molecule has 1 aliphatic rings. The Hall–Kier alpha value is -0.480. The van der Waals surface area contributed by atoms with E-state index >= 15 is 0 Å². The molecule has 12 heavy (non-hydrogen) atoms. The summed E-state index contributed by atoms with van der Waals surface area (Å²) in [5, 5.41) is 0. The third-order valence-electron chi connectivity index (χ3n) is 2.06. The average molecular weight is 166 g/mol. The molecule has 1 heteroatoms. The second-order valence-corrected chi connectivity index (χ2v) is 3.85. The standard InChI is InChI=1S/C11H18O/c1-9(2)4-5-11-6-7-12-10(3)8-11/h9-11H,6-8H2,1-3H3/t10-,11+/m1/s1. The van der Waals surface area contributed by atoms with Crippen molar-refractivity contribution in [2.45, 2.75) is 39.7 Å². The zero-order valence-electron chi connectivity index (χ0n) is 8.26. The van der Waals surface area contributed by atoms with E-state index in [0.717, 1.165) is 19.4 Å². The first-order valence-corrected chi connectivity index (χ1v) is 4.81. The lowest BCUT2D eigenvalue weighted by atomic mass is 9.96. The van der Waals surface area contributed by atoms with E-state index in [1.165, 1.54) is 0 Å². The van der Waals surface area contributed by atoms with Gasteiger partial charge in [-0.2, -0.15) is 0 Å². The van der Waals surface area contributed by atoms with Crippen LogP contribution in [0.3, 0.4) is 0 Å². The monoisotopic (exact) mass is 166 g/mol. The largest absolute Gasteiger partial charge is 0.378 e. The molecule has 0 aromatic carbocycles. The fourth-order valence-electron chi connectivity index (χ4n) is 1.41. The molecule has 0 amide bonds. The normalized spacial score (nSPS) is 29.7. The van der Waals surface area contributed by atoms with Gasteiger partial charge in [-0.3, -0.25) is 0 Å². The topological polar surface area (TPSA) is 9.23 Å². The molecule has 1 nitrogen and oxygen atoms in total. The van der Waals surface area contributed by atoms with Crippen molar-refractivity contribution in [2.75, 3.05) is 6.61 Å². The van der Waals surface area contributed by atoms with Crippen molar-refractivity contribution in [2.24, 2.45) is 11.8 Å². The van der Waals surface area contributed by atoms with Crippen molar-refractivity contribution < 1.29 is 4.74 Å². The Morgan fingerprint density at radius 2 is 2.17 bits per heavy atom. The number of hydrogen-bond acceptors (Lipinski definition) is 1. The van der Waals surface area contributed by atoms with Crippen LogP contribution in [0.2, 0.25) is 0 Å². The molecule has 1 aliphatic heterocycles. The first-order chi connectivity index (χ1) is 5.68. The first kappa shape index (κ1) is 9.61. The fraction of sp³-hybridized carbons (Fsp3) is 0.818. The molecule has 0 aromatic heterocycles. The molecule has 0 unspecified atom stereocenters. The zero-order valence-corrected chi connectivity index (χ0v) is 8.26. The lowest BCUT2D eigenvalue weighted by molar-refractivity contribution is 0.0144. The Labute approximate surface area is 75.5 Å². The van der Waals surface area contributed by atoms with Gasteiger partial charge in [0.2, 0.25) is 0 Å². The molecule has 0 aliphatic carbocycles. The van der Waals surface area contributed by atoms with E-state index in [9.17, 15) is 0 Å². The summed E-state index contributed by atoms with van der Waals surface area (Å²) >= 11 is 0. The molecule has 0 bridgehead atoms. The summed E-state index contributed by atoms with van der Waals surface area (Å²) in [4.78, 5) is 0. The highest BCUT2D eigenvalue weighted by molar-refractivity contribution is 5.06. The smallest absolute Gasteiger partial charge is 0.0558 e. The Morgan fingerprint density at radius 1 is 1.42 bits per heavy atom. The van der Waals surface area contributed by atoms with E-state index in [2.05, 4.69) is 32.6 Å². The summed E-state index contributed by atoms with van der Waals surface area (Å²) in [6.07, 6.45) is 2.63. The molecule has 2 atom stereocenters. The van der Waals surface area contributed by atoms with Crippen LogP contribution < -0.4 is 0 Å². The van der Waals surface area contributed by atoms with Gasteiger partial charge in [-0.1, -0.05) is 19.8 Å². The first-order valence-electron chi connectivity index (χ1n) is 4.81. The maximum Gasteiger partial charge on any atom is 0.0558 e. The average Bonchev–Trinajstić information content (AvgIpc) is 2.01. The molecule has 0 saturated carbocycles. The van der Waals surface area contributed by atoms with Crippen molar-refractivity contribution in [3.05, 3.63) is 0 Å². The minimum absolute atomic E-state index is 0.408. The molecular formula is C11H18O. The molecule has 1 saturated heterocycles. The second kappa shape index (κ2) is 4.52.